The predicted molar refractivity (Wildman–Crippen MR) is 77.8 cm³/mol. The van der Waals surface area contributed by atoms with Crippen molar-refractivity contribution in [3.8, 4) is 0 Å². The summed E-state index contributed by atoms with van der Waals surface area (Å²) >= 11 is 0. The van der Waals surface area contributed by atoms with Crippen molar-refractivity contribution in [2.45, 2.75) is 44.9 Å². The van der Waals surface area contributed by atoms with Crippen LogP contribution < -0.4 is 5.32 Å². The van der Waals surface area contributed by atoms with Crippen molar-refractivity contribution in [1.82, 2.24) is 5.32 Å². The topological polar surface area (TPSA) is 48.2 Å². The Morgan fingerprint density at radius 3 is 2.89 bits per heavy atom. The summed E-state index contributed by atoms with van der Waals surface area (Å²) in [4.78, 5) is 4.29. The van der Waals surface area contributed by atoms with Gasteiger partial charge < -0.3 is 10.7 Å². The number of aliphatic imine (C=N–C) groups is 1. The lowest BCUT2D eigenvalue weighted by Gasteiger charge is -2.33. The normalized spacial score (nSPS) is 32.4. The Morgan fingerprint density at radius 1 is 1.33 bits per heavy atom. The highest BCUT2D eigenvalue weighted by molar-refractivity contribution is 5.84. The van der Waals surface area contributed by atoms with Crippen molar-refractivity contribution >= 4 is 11.9 Å². The molecule has 1 fully saturated rings. The Kier molecular flexibility index (Phi) is 5.36. The molecule has 0 bridgehead atoms. The molecule has 0 radical (unpaired) electrons. The van der Waals surface area contributed by atoms with Gasteiger partial charge in [0.05, 0.1) is 0 Å². The van der Waals surface area contributed by atoms with Gasteiger partial charge in [0, 0.05) is 18.2 Å². The van der Waals surface area contributed by atoms with Gasteiger partial charge in [0.1, 0.15) is 0 Å². The molecule has 3 nitrogen and oxygen atoms in total. The van der Waals surface area contributed by atoms with Crippen LogP contribution >= 0.6 is 0 Å². The second-order valence-corrected chi connectivity index (χ2v) is 5.92. The summed E-state index contributed by atoms with van der Waals surface area (Å²) in [5.74, 6) is 1.94. The van der Waals surface area contributed by atoms with Crippen molar-refractivity contribution in [2.24, 2.45) is 22.7 Å². The van der Waals surface area contributed by atoms with E-state index in [9.17, 15) is 0 Å². The van der Waals surface area contributed by atoms with E-state index in [0.29, 0.717) is 17.8 Å². The third-order valence-corrected chi connectivity index (χ3v) is 4.57. The predicted octanol–water partition coefficient (Wildman–Crippen LogP) is 2.90. The van der Waals surface area contributed by atoms with E-state index in [2.05, 4.69) is 16.5 Å². The smallest absolute Gasteiger partial charge is 0.0388 e. The first-order valence-corrected chi connectivity index (χ1v) is 7.51. The van der Waals surface area contributed by atoms with Crippen molar-refractivity contribution in [2.75, 3.05) is 20.1 Å². The molecule has 18 heavy (non-hydrogen) atoms. The Hall–Kier alpha value is -0.700. The molecule has 1 heterocycles. The molecular formula is C15H27N3. The first-order valence-electron chi connectivity index (χ1n) is 7.51. The minimum Gasteiger partial charge on any atom is -0.319 e. The van der Waals surface area contributed by atoms with Crippen molar-refractivity contribution in [3.05, 3.63) is 0 Å². The number of hydrogen-bond donors (Lipinski definition) is 2. The van der Waals surface area contributed by atoms with E-state index >= 15 is 0 Å². The maximum atomic E-state index is 8.46. The third-order valence-electron chi connectivity index (χ3n) is 4.57. The van der Waals surface area contributed by atoms with Crippen molar-refractivity contribution < 1.29 is 0 Å². The van der Waals surface area contributed by atoms with E-state index in [-0.39, 0.29) is 0 Å². The van der Waals surface area contributed by atoms with Gasteiger partial charge in [-0.05, 0) is 63.7 Å². The van der Waals surface area contributed by atoms with Crippen LogP contribution in [0.5, 0.6) is 0 Å². The largest absolute Gasteiger partial charge is 0.319 e. The summed E-state index contributed by atoms with van der Waals surface area (Å²) < 4.78 is 0. The fourth-order valence-corrected chi connectivity index (χ4v) is 3.51. The second-order valence-electron chi connectivity index (χ2n) is 5.92. The zero-order valence-corrected chi connectivity index (χ0v) is 11.6. The highest BCUT2D eigenvalue weighted by atomic mass is 14.8. The maximum Gasteiger partial charge on any atom is 0.0388 e. The van der Waals surface area contributed by atoms with Gasteiger partial charge in [0.25, 0.3) is 0 Å². The average molecular weight is 249 g/mol. The monoisotopic (exact) mass is 249 g/mol. The van der Waals surface area contributed by atoms with Crippen LogP contribution in [0.25, 0.3) is 0 Å². The van der Waals surface area contributed by atoms with Gasteiger partial charge in [-0.2, -0.15) is 0 Å². The van der Waals surface area contributed by atoms with Crippen LogP contribution in [0, 0.1) is 23.2 Å². The average Bonchev–Trinajstić information content (AvgIpc) is 2.41. The Bertz CT molecular complexity index is 296. The van der Waals surface area contributed by atoms with Crippen LogP contribution in [0.15, 0.2) is 4.99 Å². The molecular weight excluding hydrogens is 222 g/mol. The second kappa shape index (κ2) is 7.03. The van der Waals surface area contributed by atoms with E-state index in [1.54, 1.807) is 0 Å². The molecule has 0 aromatic carbocycles. The number of rotatable bonds is 5. The molecule has 0 amide bonds. The van der Waals surface area contributed by atoms with E-state index in [0.717, 1.165) is 31.6 Å². The Morgan fingerprint density at radius 2 is 2.17 bits per heavy atom. The highest BCUT2D eigenvalue weighted by Crippen LogP contribution is 2.32. The molecule has 3 atom stereocenters. The van der Waals surface area contributed by atoms with Gasteiger partial charge in [-0.15, -0.1) is 0 Å². The first kappa shape index (κ1) is 13.7. The maximum absolute atomic E-state index is 8.46. The molecule has 0 aromatic rings. The Balaban J connectivity index is 1.87. The summed E-state index contributed by atoms with van der Waals surface area (Å²) in [5, 5.41) is 11.8. The molecule has 2 aliphatic rings. The lowest BCUT2D eigenvalue weighted by atomic mass is 9.74. The van der Waals surface area contributed by atoms with E-state index in [1.165, 1.54) is 32.1 Å². The number of nitrogens with one attached hydrogen (secondary N) is 2. The lowest BCUT2D eigenvalue weighted by Crippen LogP contribution is -2.34. The zero-order chi connectivity index (χ0) is 12.8. The van der Waals surface area contributed by atoms with Gasteiger partial charge >= 0.3 is 0 Å². The molecule has 1 saturated carbocycles. The molecule has 1 aliphatic heterocycles. The molecule has 3 unspecified atom stereocenters. The molecule has 0 saturated heterocycles. The van der Waals surface area contributed by atoms with E-state index in [1.807, 2.05) is 7.05 Å². The summed E-state index contributed by atoms with van der Waals surface area (Å²) in [7, 11) is 2.03. The lowest BCUT2D eigenvalue weighted by molar-refractivity contribution is 0.289. The molecule has 2 N–H and O–H groups in total. The number of nitrogens with zero attached hydrogens (tertiary/aromatic N) is 1. The third kappa shape index (κ3) is 3.64. The fraction of sp³-hybridized carbons (Fsp3) is 0.867. The fourth-order valence-electron chi connectivity index (χ4n) is 3.51. The summed E-state index contributed by atoms with van der Waals surface area (Å²) in [5.41, 5.74) is 1.02. The molecule has 102 valence electrons. The van der Waals surface area contributed by atoms with Crippen LogP contribution in [0.2, 0.25) is 0 Å². The minimum absolute atomic E-state index is 0.546. The van der Waals surface area contributed by atoms with Crippen LogP contribution in [-0.2, 0) is 0 Å². The Labute approximate surface area is 111 Å². The van der Waals surface area contributed by atoms with Crippen molar-refractivity contribution in [3.63, 3.8) is 0 Å². The minimum atomic E-state index is 0.546. The van der Waals surface area contributed by atoms with Gasteiger partial charge in [0.2, 0.25) is 0 Å². The quantitative estimate of drug-likeness (QED) is 0.723. The van der Waals surface area contributed by atoms with Gasteiger partial charge in [-0.3, -0.25) is 4.99 Å². The summed E-state index contributed by atoms with van der Waals surface area (Å²) in [6, 6.07) is 0. The zero-order valence-electron chi connectivity index (χ0n) is 11.6. The molecule has 1 aliphatic carbocycles. The van der Waals surface area contributed by atoms with Crippen LogP contribution in [0.1, 0.15) is 44.9 Å². The highest BCUT2D eigenvalue weighted by Gasteiger charge is 2.29. The molecule has 2 rings (SSSR count). The van der Waals surface area contributed by atoms with Gasteiger partial charge in [-0.25, -0.2) is 0 Å². The van der Waals surface area contributed by atoms with Crippen LogP contribution in [-0.4, -0.2) is 32.1 Å². The summed E-state index contributed by atoms with van der Waals surface area (Å²) in [6.45, 7) is 2.06. The van der Waals surface area contributed by atoms with E-state index < -0.39 is 0 Å². The molecule has 0 spiro atoms. The van der Waals surface area contributed by atoms with E-state index in [4.69, 9.17) is 5.41 Å². The molecule has 3 heteroatoms. The summed E-state index contributed by atoms with van der Waals surface area (Å²) in [6.07, 6.45) is 10.6. The SMILES string of the molecule is CNCC1CCCCC1C(=N)CC1CC=NCC1. The van der Waals surface area contributed by atoms with Gasteiger partial charge in [-0.1, -0.05) is 12.8 Å². The number of hydrogen-bond acceptors (Lipinski definition) is 3. The van der Waals surface area contributed by atoms with Crippen LogP contribution in [0.3, 0.4) is 0 Å². The first-order chi connectivity index (χ1) is 8.81. The van der Waals surface area contributed by atoms with Crippen LogP contribution in [0.4, 0.5) is 0 Å². The van der Waals surface area contributed by atoms with Gasteiger partial charge in [0.15, 0.2) is 0 Å². The van der Waals surface area contributed by atoms with Crippen molar-refractivity contribution in [1.29, 1.82) is 5.41 Å². The molecule has 0 aromatic heterocycles. The standard InChI is InChI=1S/C15H27N3/c1-17-11-13-4-2-3-5-14(13)15(16)10-12-6-8-18-9-7-12/h8,12-14,16-17H,2-7,9-11H2,1H3.